The van der Waals surface area contributed by atoms with Gasteiger partial charge in [-0.1, -0.05) is 6.07 Å². The minimum Gasteiger partial charge on any atom is -0.497 e. The summed E-state index contributed by atoms with van der Waals surface area (Å²) in [7, 11) is -2.08. The number of rotatable bonds is 7. The average Bonchev–Trinajstić information content (AvgIpc) is 3.25. The fourth-order valence-electron chi connectivity index (χ4n) is 2.27. The molecule has 1 N–H and O–H groups in total. The molecular formula is C16H17N3O4S2. The number of aryl methyl sites for hydroxylation is 1. The molecule has 0 spiro atoms. The van der Waals surface area contributed by atoms with Gasteiger partial charge in [-0.2, -0.15) is 0 Å². The van der Waals surface area contributed by atoms with Crippen molar-refractivity contribution in [2.45, 2.75) is 18.2 Å². The maximum Gasteiger partial charge on any atom is 0.257 e. The summed E-state index contributed by atoms with van der Waals surface area (Å²) < 4.78 is 38.0. The first-order valence-electron chi connectivity index (χ1n) is 7.50. The largest absolute Gasteiger partial charge is 0.497 e. The molecular weight excluding hydrogens is 362 g/mol. The first kappa shape index (κ1) is 17.6. The van der Waals surface area contributed by atoms with Crippen LogP contribution < -0.4 is 9.46 Å². The van der Waals surface area contributed by atoms with Crippen LogP contribution in [0.4, 0.5) is 0 Å². The van der Waals surface area contributed by atoms with Crippen LogP contribution in [0.25, 0.3) is 10.8 Å². The molecule has 2 aromatic heterocycles. The Morgan fingerprint density at radius 3 is 2.80 bits per heavy atom. The van der Waals surface area contributed by atoms with E-state index < -0.39 is 10.0 Å². The summed E-state index contributed by atoms with van der Waals surface area (Å²) in [5.41, 5.74) is 0.615. The second kappa shape index (κ2) is 7.34. The molecule has 1 aromatic carbocycles. The summed E-state index contributed by atoms with van der Waals surface area (Å²) in [5, 5.41) is 9.83. The predicted octanol–water partition coefficient (Wildman–Crippen LogP) is 2.64. The van der Waals surface area contributed by atoms with Crippen LogP contribution in [0.5, 0.6) is 5.75 Å². The first-order chi connectivity index (χ1) is 12.0. The molecule has 132 valence electrons. The van der Waals surface area contributed by atoms with Gasteiger partial charge in [0.15, 0.2) is 0 Å². The smallest absolute Gasteiger partial charge is 0.257 e. The molecule has 0 aliphatic rings. The predicted molar refractivity (Wildman–Crippen MR) is 94.2 cm³/mol. The lowest BCUT2D eigenvalue weighted by atomic mass is 10.2. The summed E-state index contributed by atoms with van der Waals surface area (Å²) >= 11 is 1.50. The quantitative estimate of drug-likeness (QED) is 0.678. The molecule has 0 bridgehead atoms. The Kier molecular flexibility index (Phi) is 5.16. The van der Waals surface area contributed by atoms with Crippen LogP contribution in [0.3, 0.4) is 0 Å². The van der Waals surface area contributed by atoms with E-state index in [1.54, 1.807) is 19.1 Å². The molecule has 0 aliphatic heterocycles. The molecule has 3 aromatic rings. The number of hydrogen-bond donors (Lipinski definition) is 1. The van der Waals surface area contributed by atoms with E-state index in [4.69, 9.17) is 9.15 Å². The van der Waals surface area contributed by atoms with Gasteiger partial charge in [-0.3, -0.25) is 0 Å². The molecule has 0 saturated carbocycles. The fraction of sp³-hybridized carbons (Fsp3) is 0.250. The molecule has 0 atom stereocenters. The van der Waals surface area contributed by atoms with Gasteiger partial charge >= 0.3 is 0 Å². The Balaban J connectivity index is 1.63. The van der Waals surface area contributed by atoms with Gasteiger partial charge in [0.05, 0.1) is 16.9 Å². The summed E-state index contributed by atoms with van der Waals surface area (Å²) in [6.07, 6.45) is 0.312. The number of nitrogens with one attached hydrogen (secondary N) is 1. The zero-order valence-corrected chi connectivity index (χ0v) is 15.4. The van der Waals surface area contributed by atoms with Crippen LogP contribution in [-0.2, 0) is 16.4 Å². The molecule has 0 amide bonds. The summed E-state index contributed by atoms with van der Waals surface area (Å²) in [6.45, 7) is 1.89. The minimum atomic E-state index is -3.62. The zero-order valence-electron chi connectivity index (χ0n) is 13.7. The monoisotopic (exact) mass is 379 g/mol. The number of methoxy groups -OCH3 is 1. The van der Waals surface area contributed by atoms with Gasteiger partial charge < -0.3 is 9.15 Å². The number of sulfonamides is 1. The van der Waals surface area contributed by atoms with Crippen LogP contribution in [-0.4, -0.2) is 32.3 Å². The molecule has 0 aliphatic carbocycles. The average molecular weight is 379 g/mol. The number of benzene rings is 1. The van der Waals surface area contributed by atoms with Crippen molar-refractivity contribution in [3.8, 4) is 16.5 Å². The highest BCUT2D eigenvalue weighted by atomic mass is 32.2. The number of aromatic nitrogens is 2. The maximum atomic E-state index is 12.4. The van der Waals surface area contributed by atoms with E-state index in [0.29, 0.717) is 29.5 Å². The summed E-state index contributed by atoms with van der Waals surface area (Å²) in [4.78, 5) is 1.10. The highest BCUT2D eigenvalue weighted by molar-refractivity contribution is 7.89. The van der Waals surface area contributed by atoms with E-state index >= 15 is 0 Å². The lowest BCUT2D eigenvalue weighted by Gasteiger charge is -2.09. The normalized spacial score (nSPS) is 11.6. The Bertz CT molecular complexity index is 950. The second-order valence-corrected chi connectivity index (χ2v) is 7.94. The van der Waals surface area contributed by atoms with Gasteiger partial charge in [0.1, 0.15) is 5.75 Å². The van der Waals surface area contributed by atoms with Crippen LogP contribution in [0.1, 0.15) is 11.5 Å². The van der Waals surface area contributed by atoms with Crippen LogP contribution >= 0.6 is 11.3 Å². The van der Waals surface area contributed by atoms with E-state index in [1.807, 2.05) is 17.5 Å². The fourth-order valence-corrected chi connectivity index (χ4v) is 4.18. The first-order valence-corrected chi connectivity index (χ1v) is 9.86. The zero-order chi connectivity index (χ0) is 17.9. The van der Waals surface area contributed by atoms with Gasteiger partial charge in [-0.25, -0.2) is 13.1 Å². The second-order valence-electron chi connectivity index (χ2n) is 5.26. The van der Waals surface area contributed by atoms with Gasteiger partial charge in [0.2, 0.25) is 15.9 Å². The number of nitrogens with zero attached hydrogens (tertiary/aromatic N) is 2. The standard InChI is InChI=1S/C16H17N3O4S2/c1-11-10-12(22-2)5-6-14(11)25(20,21)17-8-7-15-18-19-16(23-15)13-4-3-9-24-13/h3-6,9-10,17H,7-8H2,1-2H3. The Morgan fingerprint density at radius 2 is 2.12 bits per heavy atom. The highest BCUT2D eigenvalue weighted by Crippen LogP contribution is 2.23. The molecule has 3 rings (SSSR count). The van der Waals surface area contributed by atoms with Crippen LogP contribution in [0, 0.1) is 6.92 Å². The third-order valence-electron chi connectivity index (χ3n) is 3.50. The van der Waals surface area contributed by atoms with Crippen molar-refractivity contribution in [1.29, 1.82) is 0 Å². The third kappa shape index (κ3) is 4.06. The molecule has 25 heavy (non-hydrogen) atoms. The lowest BCUT2D eigenvalue weighted by molar-refractivity contribution is 0.414. The van der Waals surface area contributed by atoms with Gasteiger partial charge in [0.25, 0.3) is 5.89 Å². The van der Waals surface area contributed by atoms with Gasteiger partial charge in [-0.05, 0) is 42.1 Å². The van der Waals surface area contributed by atoms with Crippen LogP contribution in [0.15, 0.2) is 45.0 Å². The highest BCUT2D eigenvalue weighted by Gasteiger charge is 2.17. The Hall–Kier alpha value is -2.23. The van der Waals surface area contributed by atoms with Crippen molar-refractivity contribution in [3.05, 3.63) is 47.2 Å². The number of thiophene rings is 1. The van der Waals surface area contributed by atoms with E-state index in [2.05, 4.69) is 14.9 Å². The lowest BCUT2D eigenvalue weighted by Crippen LogP contribution is -2.26. The van der Waals surface area contributed by atoms with E-state index in [0.717, 1.165) is 4.88 Å². The van der Waals surface area contributed by atoms with Gasteiger partial charge in [-0.15, -0.1) is 21.5 Å². The van der Waals surface area contributed by atoms with Crippen LogP contribution in [0.2, 0.25) is 0 Å². The number of ether oxygens (including phenoxy) is 1. The molecule has 0 radical (unpaired) electrons. The topological polar surface area (TPSA) is 94.3 Å². The molecule has 9 heteroatoms. The van der Waals surface area contributed by atoms with Crippen molar-refractivity contribution < 1.29 is 17.6 Å². The third-order valence-corrected chi connectivity index (χ3v) is 5.98. The van der Waals surface area contributed by atoms with Crippen molar-refractivity contribution in [1.82, 2.24) is 14.9 Å². The maximum absolute atomic E-state index is 12.4. The van der Waals surface area contributed by atoms with Crippen molar-refractivity contribution >= 4 is 21.4 Å². The molecule has 0 fully saturated rings. The van der Waals surface area contributed by atoms with Gasteiger partial charge in [0, 0.05) is 13.0 Å². The molecule has 7 nitrogen and oxygen atoms in total. The summed E-state index contributed by atoms with van der Waals surface area (Å²) in [6, 6.07) is 8.61. The minimum absolute atomic E-state index is 0.167. The van der Waals surface area contributed by atoms with E-state index in [1.165, 1.54) is 24.5 Å². The molecule has 0 saturated heterocycles. The summed E-state index contributed by atoms with van der Waals surface area (Å²) in [5.74, 6) is 1.44. The Morgan fingerprint density at radius 1 is 1.28 bits per heavy atom. The molecule has 2 heterocycles. The van der Waals surface area contributed by atoms with Crippen molar-refractivity contribution in [3.63, 3.8) is 0 Å². The number of hydrogen-bond acceptors (Lipinski definition) is 7. The van der Waals surface area contributed by atoms with Crippen molar-refractivity contribution in [2.24, 2.45) is 0 Å². The molecule has 0 unspecified atom stereocenters. The van der Waals surface area contributed by atoms with Crippen molar-refractivity contribution in [2.75, 3.05) is 13.7 Å². The van der Waals surface area contributed by atoms with E-state index in [-0.39, 0.29) is 11.4 Å². The SMILES string of the molecule is COc1ccc(S(=O)(=O)NCCc2nnc(-c3cccs3)o2)c(C)c1. The Labute approximate surface area is 149 Å². The van der Waals surface area contributed by atoms with E-state index in [9.17, 15) is 8.42 Å².